The minimum Gasteiger partial charge on any atom is -0.481 e. The van der Waals surface area contributed by atoms with Gasteiger partial charge in [-0.1, -0.05) is 0 Å². The van der Waals surface area contributed by atoms with Crippen LogP contribution < -0.4 is 0 Å². The second-order valence-corrected chi connectivity index (χ2v) is 5.81. The standard InChI is InChI=1S/C14H26N2O4/c1-10(2)16(11(3)4)13(17)9-15-5-6-20-12(8-15)7-14(18)19/h10-12H,5-9H2,1-4H3,(H,18,19). The summed E-state index contributed by atoms with van der Waals surface area (Å²) in [6.07, 6.45) is -0.330. The van der Waals surface area contributed by atoms with E-state index in [0.717, 1.165) is 0 Å². The van der Waals surface area contributed by atoms with Gasteiger partial charge in [-0.15, -0.1) is 0 Å². The second kappa shape index (κ2) is 7.59. The van der Waals surface area contributed by atoms with E-state index in [1.165, 1.54) is 0 Å². The van der Waals surface area contributed by atoms with Crippen LogP contribution in [0.15, 0.2) is 0 Å². The van der Waals surface area contributed by atoms with E-state index in [0.29, 0.717) is 26.2 Å². The van der Waals surface area contributed by atoms with E-state index in [9.17, 15) is 9.59 Å². The molecule has 0 spiro atoms. The van der Waals surface area contributed by atoms with Gasteiger partial charge in [0.05, 0.1) is 25.7 Å². The highest BCUT2D eigenvalue weighted by Gasteiger charge is 2.27. The molecule has 1 aliphatic heterocycles. The van der Waals surface area contributed by atoms with E-state index in [2.05, 4.69) is 0 Å². The smallest absolute Gasteiger partial charge is 0.306 e. The summed E-state index contributed by atoms with van der Waals surface area (Å²) in [5.41, 5.74) is 0. The predicted octanol–water partition coefficient (Wildman–Crippen LogP) is 0.807. The molecule has 116 valence electrons. The molecule has 6 nitrogen and oxygen atoms in total. The van der Waals surface area contributed by atoms with Gasteiger partial charge in [-0.05, 0) is 27.7 Å². The molecule has 0 aromatic carbocycles. The summed E-state index contributed by atoms with van der Waals surface area (Å²) in [6, 6.07) is 0.330. The van der Waals surface area contributed by atoms with Gasteiger partial charge >= 0.3 is 5.97 Å². The summed E-state index contributed by atoms with van der Waals surface area (Å²) >= 11 is 0. The molecule has 6 heteroatoms. The lowest BCUT2D eigenvalue weighted by Crippen LogP contribution is -2.51. The van der Waals surface area contributed by atoms with Crippen LogP contribution >= 0.6 is 0 Å². The Morgan fingerprint density at radius 1 is 1.30 bits per heavy atom. The van der Waals surface area contributed by atoms with Crippen LogP contribution in [0.4, 0.5) is 0 Å². The average Bonchev–Trinajstić information content (AvgIpc) is 2.26. The van der Waals surface area contributed by atoms with Gasteiger partial charge in [0.2, 0.25) is 5.91 Å². The third-order valence-corrected chi connectivity index (χ3v) is 3.38. The summed E-state index contributed by atoms with van der Waals surface area (Å²) in [7, 11) is 0. The molecule has 1 rings (SSSR count). The van der Waals surface area contributed by atoms with Crippen LogP contribution in [0.1, 0.15) is 34.1 Å². The van der Waals surface area contributed by atoms with E-state index in [1.54, 1.807) is 0 Å². The van der Waals surface area contributed by atoms with E-state index in [1.807, 2.05) is 37.5 Å². The first-order chi connectivity index (χ1) is 9.31. The highest BCUT2D eigenvalue weighted by atomic mass is 16.5. The van der Waals surface area contributed by atoms with Gasteiger partial charge in [-0.2, -0.15) is 0 Å². The van der Waals surface area contributed by atoms with Crippen molar-refractivity contribution in [1.29, 1.82) is 0 Å². The van der Waals surface area contributed by atoms with Gasteiger partial charge in [0.15, 0.2) is 0 Å². The highest BCUT2D eigenvalue weighted by molar-refractivity contribution is 5.78. The number of ether oxygens (including phenoxy) is 1. The number of rotatable bonds is 6. The molecular weight excluding hydrogens is 260 g/mol. The van der Waals surface area contributed by atoms with Crippen LogP contribution in [-0.4, -0.2) is 71.2 Å². The lowest BCUT2D eigenvalue weighted by molar-refractivity contribution is -0.143. The molecule has 1 aliphatic rings. The Bertz CT molecular complexity index is 336. The molecule has 1 amide bonds. The van der Waals surface area contributed by atoms with Crippen molar-refractivity contribution in [3.63, 3.8) is 0 Å². The topological polar surface area (TPSA) is 70.1 Å². The maximum Gasteiger partial charge on any atom is 0.306 e. The Hall–Kier alpha value is -1.14. The number of nitrogens with zero attached hydrogens (tertiary/aromatic N) is 2. The Labute approximate surface area is 120 Å². The molecule has 0 saturated carbocycles. The Morgan fingerprint density at radius 2 is 1.90 bits per heavy atom. The highest BCUT2D eigenvalue weighted by Crippen LogP contribution is 2.11. The molecule has 0 aliphatic carbocycles. The molecule has 1 atom stereocenters. The summed E-state index contributed by atoms with van der Waals surface area (Å²) in [4.78, 5) is 26.9. The molecule has 1 saturated heterocycles. The Kier molecular flexibility index (Phi) is 6.42. The second-order valence-electron chi connectivity index (χ2n) is 5.81. The number of morpholine rings is 1. The lowest BCUT2D eigenvalue weighted by Gasteiger charge is -2.36. The van der Waals surface area contributed by atoms with Crippen molar-refractivity contribution in [1.82, 2.24) is 9.80 Å². The third-order valence-electron chi connectivity index (χ3n) is 3.38. The summed E-state index contributed by atoms with van der Waals surface area (Å²) in [5.74, 6) is -0.778. The van der Waals surface area contributed by atoms with Gasteiger partial charge < -0.3 is 14.7 Å². The van der Waals surface area contributed by atoms with Gasteiger partial charge in [0, 0.05) is 25.2 Å². The molecule has 0 bridgehead atoms. The van der Waals surface area contributed by atoms with Crippen molar-refractivity contribution in [3.8, 4) is 0 Å². The minimum atomic E-state index is -0.867. The number of hydrogen-bond acceptors (Lipinski definition) is 4. The Balaban J connectivity index is 2.54. The van der Waals surface area contributed by atoms with Crippen LogP contribution in [0.25, 0.3) is 0 Å². The third kappa shape index (κ3) is 5.09. The van der Waals surface area contributed by atoms with E-state index in [4.69, 9.17) is 9.84 Å². The van der Waals surface area contributed by atoms with Crippen LogP contribution in [-0.2, 0) is 14.3 Å². The maximum absolute atomic E-state index is 12.4. The van der Waals surface area contributed by atoms with Gasteiger partial charge in [0.25, 0.3) is 0 Å². The zero-order chi connectivity index (χ0) is 15.3. The van der Waals surface area contributed by atoms with Crippen LogP contribution in [0.3, 0.4) is 0 Å². The Morgan fingerprint density at radius 3 is 2.40 bits per heavy atom. The van der Waals surface area contributed by atoms with E-state index in [-0.39, 0.29) is 30.5 Å². The molecule has 1 unspecified atom stereocenters. The summed E-state index contributed by atoms with van der Waals surface area (Å²) < 4.78 is 5.41. The van der Waals surface area contributed by atoms with E-state index >= 15 is 0 Å². The van der Waals surface area contributed by atoms with Gasteiger partial charge in [-0.25, -0.2) is 0 Å². The largest absolute Gasteiger partial charge is 0.481 e. The van der Waals surface area contributed by atoms with Crippen molar-refractivity contribution in [2.45, 2.75) is 52.3 Å². The fourth-order valence-corrected chi connectivity index (χ4v) is 2.69. The van der Waals surface area contributed by atoms with Crippen molar-refractivity contribution >= 4 is 11.9 Å². The monoisotopic (exact) mass is 286 g/mol. The molecule has 0 aromatic rings. The van der Waals surface area contributed by atoms with Gasteiger partial charge in [-0.3, -0.25) is 14.5 Å². The zero-order valence-corrected chi connectivity index (χ0v) is 12.8. The number of carbonyl (C=O) groups excluding carboxylic acids is 1. The first kappa shape index (κ1) is 16.9. The predicted molar refractivity (Wildman–Crippen MR) is 75.6 cm³/mol. The lowest BCUT2D eigenvalue weighted by atomic mass is 10.2. The number of carboxylic acids is 1. The number of amides is 1. The number of hydrogen-bond donors (Lipinski definition) is 1. The fraction of sp³-hybridized carbons (Fsp3) is 0.857. The van der Waals surface area contributed by atoms with Gasteiger partial charge in [0.1, 0.15) is 0 Å². The first-order valence-corrected chi connectivity index (χ1v) is 7.18. The molecule has 20 heavy (non-hydrogen) atoms. The molecule has 0 aromatic heterocycles. The van der Waals surface area contributed by atoms with Crippen LogP contribution in [0.2, 0.25) is 0 Å². The molecule has 1 fully saturated rings. The van der Waals surface area contributed by atoms with Crippen molar-refractivity contribution < 1.29 is 19.4 Å². The molecular formula is C14H26N2O4. The van der Waals surface area contributed by atoms with Crippen molar-refractivity contribution in [2.75, 3.05) is 26.2 Å². The normalized spacial score (nSPS) is 20.4. The zero-order valence-electron chi connectivity index (χ0n) is 12.8. The van der Waals surface area contributed by atoms with Crippen molar-refractivity contribution in [2.24, 2.45) is 0 Å². The molecule has 1 N–H and O–H groups in total. The quantitative estimate of drug-likeness (QED) is 0.782. The minimum absolute atomic E-state index is 0.0111. The maximum atomic E-state index is 12.4. The number of carbonyl (C=O) groups is 2. The first-order valence-electron chi connectivity index (χ1n) is 7.18. The summed E-state index contributed by atoms with van der Waals surface area (Å²) in [5, 5.41) is 8.79. The van der Waals surface area contributed by atoms with E-state index < -0.39 is 5.97 Å². The summed E-state index contributed by atoms with van der Waals surface area (Å²) in [6.45, 7) is 10.0. The van der Waals surface area contributed by atoms with Crippen LogP contribution in [0.5, 0.6) is 0 Å². The average molecular weight is 286 g/mol. The SMILES string of the molecule is CC(C)N(C(=O)CN1CCOC(CC(=O)O)C1)C(C)C. The number of carboxylic acid groups (broad SMARTS) is 1. The van der Waals surface area contributed by atoms with Crippen LogP contribution in [0, 0.1) is 0 Å². The molecule has 0 radical (unpaired) electrons. The van der Waals surface area contributed by atoms with Crippen molar-refractivity contribution in [3.05, 3.63) is 0 Å². The molecule has 1 heterocycles. The number of aliphatic carboxylic acids is 1. The fourth-order valence-electron chi connectivity index (χ4n) is 2.69.